The predicted molar refractivity (Wildman–Crippen MR) is 68.4 cm³/mol. The van der Waals surface area contributed by atoms with Gasteiger partial charge >= 0.3 is 5.97 Å². The van der Waals surface area contributed by atoms with Gasteiger partial charge in [-0.15, -0.1) is 0 Å². The highest BCUT2D eigenvalue weighted by atomic mass is 16.4. The number of hydrogen-bond donors (Lipinski definition) is 4. The van der Waals surface area contributed by atoms with E-state index in [1.807, 2.05) is 13.8 Å². The molecule has 0 aromatic carbocycles. The number of aromatic nitrogens is 2. The van der Waals surface area contributed by atoms with Gasteiger partial charge < -0.3 is 21.1 Å². The van der Waals surface area contributed by atoms with Crippen LogP contribution < -0.4 is 16.6 Å². The molecule has 0 aliphatic carbocycles. The molecule has 1 heterocycles. The molecule has 0 amide bonds. The Morgan fingerprint density at radius 3 is 2.67 bits per heavy atom. The largest absolute Gasteiger partial charge is 0.481 e. The fourth-order valence-corrected chi connectivity index (χ4v) is 1.68. The van der Waals surface area contributed by atoms with Crippen molar-refractivity contribution in [2.75, 3.05) is 17.6 Å². The van der Waals surface area contributed by atoms with Crippen molar-refractivity contribution in [3.8, 4) is 0 Å². The average molecular weight is 254 g/mol. The number of anilines is 2. The number of H-pyrrole nitrogens is 1. The molecule has 1 aromatic rings. The van der Waals surface area contributed by atoms with Gasteiger partial charge in [0.25, 0.3) is 5.56 Å². The number of nitrogens with zero attached hydrogens (tertiary/aromatic N) is 1. The lowest BCUT2D eigenvalue weighted by molar-refractivity contribution is -0.148. The van der Waals surface area contributed by atoms with Crippen LogP contribution >= 0.6 is 0 Å². The number of carboxylic acid groups (broad SMARTS) is 1. The Morgan fingerprint density at radius 2 is 2.17 bits per heavy atom. The second-order valence-electron chi connectivity index (χ2n) is 4.14. The Morgan fingerprint density at radius 1 is 1.56 bits per heavy atom. The fourth-order valence-electron chi connectivity index (χ4n) is 1.68. The van der Waals surface area contributed by atoms with Gasteiger partial charge in [-0.2, -0.15) is 0 Å². The fraction of sp³-hybridized carbons (Fsp3) is 0.545. The number of nitrogens with one attached hydrogen (secondary N) is 2. The third-order valence-electron chi connectivity index (χ3n) is 3.29. The molecule has 0 fully saturated rings. The number of carbonyl (C=O) groups is 1. The van der Waals surface area contributed by atoms with Gasteiger partial charge in [0.15, 0.2) is 5.82 Å². The lowest BCUT2D eigenvalue weighted by atomic mass is 9.82. The van der Waals surface area contributed by atoms with Gasteiger partial charge in [-0.1, -0.05) is 13.8 Å². The van der Waals surface area contributed by atoms with Crippen LogP contribution in [0.3, 0.4) is 0 Å². The minimum atomic E-state index is -0.878. The van der Waals surface area contributed by atoms with Gasteiger partial charge in [0.2, 0.25) is 0 Å². The first-order valence-electron chi connectivity index (χ1n) is 5.77. The van der Waals surface area contributed by atoms with Crippen molar-refractivity contribution in [3.05, 3.63) is 16.7 Å². The van der Waals surface area contributed by atoms with Gasteiger partial charge in [-0.3, -0.25) is 9.59 Å². The third kappa shape index (κ3) is 2.61. The Bertz CT molecular complexity index is 479. The standard InChI is InChI=1S/C11H18N4O3/c1-3-11(4-2,10(17)18)5-13-8-7(12)9(16)15-6-14-8/h6H,3-5,12H2,1-2H3,(H,17,18)(H2,13,14,15,16). The Balaban J connectivity index is 2.89. The summed E-state index contributed by atoms with van der Waals surface area (Å²) < 4.78 is 0. The van der Waals surface area contributed by atoms with E-state index in [2.05, 4.69) is 15.3 Å². The molecule has 0 aliphatic rings. The summed E-state index contributed by atoms with van der Waals surface area (Å²) in [5, 5.41) is 12.1. The van der Waals surface area contributed by atoms with E-state index in [4.69, 9.17) is 5.73 Å². The number of nitrogens with two attached hydrogens (primary N) is 1. The lowest BCUT2D eigenvalue weighted by Gasteiger charge is -2.27. The van der Waals surface area contributed by atoms with Crippen LogP contribution in [0.2, 0.25) is 0 Å². The van der Waals surface area contributed by atoms with Gasteiger partial charge in [-0.05, 0) is 12.8 Å². The summed E-state index contributed by atoms with van der Waals surface area (Å²) in [7, 11) is 0. The normalized spacial score (nSPS) is 11.2. The molecule has 0 saturated carbocycles. The first-order valence-corrected chi connectivity index (χ1v) is 5.77. The van der Waals surface area contributed by atoms with Gasteiger partial charge in [0.05, 0.1) is 11.7 Å². The molecular formula is C11H18N4O3. The number of hydrogen-bond acceptors (Lipinski definition) is 5. The number of aromatic amines is 1. The molecule has 0 radical (unpaired) electrons. The van der Waals surface area contributed by atoms with Crippen molar-refractivity contribution in [3.63, 3.8) is 0 Å². The van der Waals surface area contributed by atoms with Crippen molar-refractivity contribution >= 4 is 17.5 Å². The molecule has 0 saturated heterocycles. The first-order chi connectivity index (χ1) is 8.46. The molecule has 0 aliphatic heterocycles. The molecular weight excluding hydrogens is 236 g/mol. The van der Waals surface area contributed by atoms with Gasteiger partial charge in [-0.25, -0.2) is 4.98 Å². The molecule has 7 nitrogen and oxygen atoms in total. The van der Waals surface area contributed by atoms with Crippen molar-refractivity contribution < 1.29 is 9.90 Å². The van der Waals surface area contributed by atoms with Crippen molar-refractivity contribution in [2.45, 2.75) is 26.7 Å². The number of carboxylic acids is 1. The maximum absolute atomic E-state index is 11.3. The summed E-state index contributed by atoms with van der Waals surface area (Å²) >= 11 is 0. The van der Waals surface area contributed by atoms with Crippen LogP contribution in [-0.4, -0.2) is 27.6 Å². The van der Waals surface area contributed by atoms with Crippen molar-refractivity contribution in [2.24, 2.45) is 5.41 Å². The highest BCUT2D eigenvalue weighted by Crippen LogP contribution is 2.27. The SMILES string of the molecule is CCC(CC)(CNc1nc[nH]c(=O)c1N)C(=O)O. The second-order valence-corrected chi connectivity index (χ2v) is 4.14. The van der Waals surface area contributed by atoms with Crippen LogP contribution in [0, 0.1) is 5.41 Å². The van der Waals surface area contributed by atoms with Crippen LogP contribution in [0.4, 0.5) is 11.5 Å². The van der Waals surface area contributed by atoms with Gasteiger partial charge in [0, 0.05) is 6.54 Å². The summed E-state index contributed by atoms with van der Waals surface area (Å²) in [6.45, 7) is 3.80. The Hall–Kier alpha value is -2.05. The Labute approximate surface area is 104 Å². The molecule has 5 N–H and O–H groups in total. The molecule has 0 spiro atoms. The highest BCUT2D eigenvalue weighted by Gasteiger charge is 2.34. The topological polar surface area (TPSA) is 121 Å². The second kappa shape index (κ2) is 5.52. The zero-order valence-electron chi connectivity index (χ0n) is 10.5. The van der Waals surface area contributed by atoms with Gasteiger partial charge in [0.1, 0.15) is 5.69 Å². The number of nitrogen functional groups attached to an aromatic ring is 1. The smallest absolute Gasteiger partial charge is 0.311 e. The molecule has 0 atom stereocenters. The van der Waals surface area contributed by atoms with Crippen LogP contribution in [0.15, 0.2) is 11.1 Å². The average Bonchev–Trinajstić information content (AvgIpc) is 2.35. The monoisotopic (exact) mass is 254 g/mol. The van der Waals surface area contributed by atoms with Crippen molar-refractivity contribution in [1.29, 1.82) is 0 Å². The van der Waals surface area contributed by atoms with E-state index in [1.54, 1.807) is 0 Å². The maximum atomic E-state index is 11.3. The van der Waals surface area contributed by atoms with Crippen LogP contribution in [0.5, 0.6) is 0 Å². The number of rotatable bonds is 6. The van der Waals surface area contributed by atoms with Crippen molar-refractivity contribution in [1.82, 2.24) is 9.97 Å². The van der Waals surface area contributed by atoms with E-state index in [0.717, 1.165) is 0 Å². The quantitative estimate of drug-likeness (QED) is 0.591. The zero-order chi connectivity index (χ0) is 13.8. The van der Waals surface area contributed by atoms with Crippen LogP contribution in [0.25, 0.3) is 0 Å². The minimum absolute atomic E-state index is 0.0380. The predicted octanol–water partition coefficient (Wildman–Crippen LogP) is 0.655. The lowest BCUT2D eigenvalue weighted by Crippen LogP contribution is -2.37. The molecule has 0 unspecified atom stereocenters. The van der Waals surface area contributed by atoms with E-state index >= 15 is 0 Å². The summed E-state index contributed by atoms with van der Waals surface area (Å²) in [6, 6.07) is 0. The molecule has 7 heteroatoms. The third-order valence-corrected chi connectivity index (χ3v) is 3.29. The summed E-state index contributed by atoms with van der Waals surface area (Å²) in [4.78, 5) is 28.8. The highest BCUT2D eigenvalue weighted by molar-refractivity contribution is 5.75. The molecule has 18 heavy (non-hydrogen) atoms. The molecule has 1 aromatic heterocycles. The van der Waals surface area contributed by atoms with E-state index < -0.39 is 16.9 Å². The summed E-state index contributed by atoms with van der Waals surface area (Å²) in [6.07, 6.45) is 2.19. The Kier molecular flexibility index (Phi) is 4.30. The molecule has 1 rings (SSSR count). The van der Waals surface area contributed by atoms with E-state index in [9.17, 15) is 14.7 Å². The van der Waals surface area contributed by atoms with E-state index in [-0.39, 0.29) is 18.1 Å². The summed E-state index contributed by atoms with van der Waals surface area (Å²) in [5.41, 5.74) is 4.20. The van der Waals surface area contributed by atoms with Crippen LogP contribution in [0.1, 0.15) is 26.7 Å². The summed E-state index contributed by atoms with van der Waals surface area (Å²) in [5.74, 6) is -0.658. The molecule has 100 valence electrons. The molecule has 0 bridgehead atoms. The number of aliphatic carboxylic acids is 1. The maximum Gasteiger partial charge on any atom is 0.311 e. The van der Waals surface area contributed by atoms with E-state index in [0.29, 0.717) is 12.8 Å². The first kappa shape index (κ1) is 14.0. The van der Waals surface area contributed by atoms with Crippen LogP contribution in [-0.2, 0) is 4.79 Å². The minimum Gasteiger partial charge on any atom is -0.481 e. The zero-order valence-corrected chi connectivity index (χ0v) is 10.5. The van der Waals surface area contributed by atoms with E-state index in [1.165, 1.54) is 6.33 Å².